The molecule has 146 valence electrons. The van der Waals surface area contributed by atoms with Crippen LogP contribution in [0.4, 0.5) is 0 Å². The van der Waals surface area contributed by atoms with E-state index in [9.17, 15) is 9.59 Å². The van der Waals surface area contributed by atoms with Gasteiger partial charge in [-0.15, -0.1) is 0 Å². The minimum Gasteiger partial charge on any atom is -0.497 e. The number of benzene rings is 2. The van der Waals surface area contributed by atoms with Crippen LogP contribution in [0.5, 0.6) is 5.75 Å². The SMILES string of the molecule is CCc1ccc(COC[C@@H](C=O)NC(=O)c2cc3cc(OC)ccc3o2)cc1. The highest BCUT2D eigenvalue weighted by Gasteiger charge is 2.17. The van der Waals surface area contributed by atoms with Gasteiger partial charge in [-0.25, -0.2) is 0 Å². The predicted octanol–water partition coefficient (Wildman–Crippen LogP) is 3.52. The summed E-state index contributed by atoms with van der Waals surface area (Å²) < 4.78 is 16.3. The zero-order chi connectivity index (χ0) is 19.9. The van der Waals surface area contributed by atoms with E-state index in [4.69, 9.17) is 13.9 Å². The summed E-state index contributed by atoms with van der Waals surface area (Å²) in [6.45, 7) is 2.55. The van der Waals surface area contributed by atoms with Crippen LogP contribution in [0.15, 0.2) is 52.9 Å². The quantitative estimate of drug-likeness (QED) is 0.574. The van der Waals surface area contributed by atoms with Gasteiger partial charge in [-0.1, -0.05) is 31.2 Å². The Morgan fingerprint density at radius 2 is 1.89 bits per heavy atom. The van der Waals surface area contributed by atoms with E-state index in [-0.39, 0.29) is 12.4 Å². The van der Waals surface area contributed by atoms with Crippen molar-refractivity contribution in [2.45, 2.75) is 26.0 Å². The molecule has 0 aliphatic rings. The van der Waals surface area contributed by atoms with Gasteiger partial charge in [0.2, 0.25) is 0 Å². The maximum Gasteiger partial charge on any atom is 0.287 e. The van der Waals surface area contributed by atoms with E-state index in [2.05, 4.69) is 12.2 Å². The summed E-state index contributed by atoms with van der Waals surface area (Å²) in [5.74, 6) is 0.333. The highest BCUT2D eigenvalue weighted by atomic mass is 16.5. The van der Waals surface area contributed by atoms with E-state index in [1.807, 2.05) is 24.3 Å². The fourth-order valence-electron chi connectivity index (χ4n) is 2.79. The molecular formula is C22H23NO5. The van der Waals surface area contributed by atoms with Crippen molar-refractivity contribution in [2.24, 2.45) is 0 Å². The lowest BCUT2D eigenvalue weighted by Crippen LogP contribution is -2.39. The van der Waals surface area contributed by atoms with Crippen molar-refractivity contribution in [3.63, 3.8) is 0 Å². The van der Waals surface area contributed by atoms with Gasteiger partial charge in [0, 0.05) is 5.39 Å². The number of methoxy groups -OCH3 is 1. The Labute approximate surface area is 163 Å². The molecule has 1 aromatic heterocycles. The van der Waals surface area contributed by atoms with E-state index >= 15 is 0 Å². The van der Waals surface area contributed by atoms with Gasteiger partial charge in [-0.3, -0.25) is 4.79 Å². The molecule has 3 rings (SSSR count). The lowest BCUT2D eigenvalue weighted by atomic mass is 10.1. The van der Waals surface area contributed by atoms with Gasteiger partial charge in [0.25, 0.3) is 5.91 Å². The molecule has 0 aliphatic heterocycles. The lowest BCUT2D eigenvalue weighted by molar-refractivity contribution is -0.110. The van der Waals surface area contributed by atoms with Crippen molar-refractivity contribution in [2.75, 3.05) is 13.7 Å². The highest BCUT2D eigenvalue weighted by molar-refractivity contribution is 5.97. The third-order valence-corrected chi connectivity index (χ3v) is 4.43. The zero-order valence-electron chi connectivity index (χ0n) is 15.9. The molecule has 28 heavy (non-hydrogen) atoms. The van der Waals surface area contributed by atoms with Crippen molar-refractivity contribution < 1.29 is 23.5 Å². The van der Waals surface area contributed by atoms with Crippen molar-refractivity contribution >= 4 is 23.2 Å². The summed E-state index contributed by atoms with van der Waals surface area (Å²) in [7, 11) is 1.57. The van der Waals surface area contributed by atoms with E-state index in [1.165, 1.54) is 5.56 Å². The summed E-state index contributed by atoms with van der Waals surface area (Å²) >= 11 is 0. The Hall–Kier alpha value is -3.12. The summed E-state index contributed by atoms with van der Waals surface area (Å²) in [6, 6.07) is 14.2. The third-order valence-electron chi connectivity index (χ3n) is 4.43. The molecule has 1 N–H and O–H groups in total. The minimum atomic E-state index is -0.759. The fraction of sp³-hybridized carbons (Fsp3) is 0.273. The number of carbonyl (C=O) groups is 2. The number of carbonyl (C=O) groups excluding carboxylic acids is 2. The van der Waals surface area contributed by atoms with Crippen LogP contribution in [0.25, 0.3) is 11.0 Å². The van der Waals surface area contributed by atoms with Gasteiger partial charge in [0.05, 0.1) is 20.3 Å². The maximum atomic E-state index is 12.4. The van der Waals surface area contributed by atoms with Crippen molar-refractivity contribution in [1.82, 2.24) is 5.32 Å². The van der Waals surface area contributed by atoms with Crippen LogP contribution in [0, 0.1) is 0 Å². The molecule has 0 spiro atoms. The Bertz CT molecular complexity index is 945. The molecule has 0 saturated carbocycles. The largest absolute Gasteiger partial charge is 0.497 e. The van der Waals surface area contributed by atoms with E-state index < -0.39 is 11.9 Å². The molecule has 6 heteroatoms. The van der Waals surface area contributed by atoms with Crippen LogP contribution in [-0.4, -0.2) is 32.0 Å². The molecule has 0 saturated heterocycles. The van der Waals surface area contributed by atoms with Gasteiger partial charge < -0.3 is 24.0 Å². The first kappa shape index (κ1) is 19.6. The monoisotopic (exact) mass is 381 g/mol. The number of aryl methyl sites for hydroxylation is 1. The predicted molar refractivity (Wildman–Crippen MR) is 106 cm³/mol. The van der Waals surface area contributed by atoms with Gasteiger partial charge in [-0.2, -0.15) is 0 Å². The molecule has 1 heterocycles. The van der Waals surface area contributed by atoms with Gasteiger partial charge in [0.15, 0.2) is 5.76 Å². The number of nitrogens with one attached hydrogen (secondary N) is 1. The zero-order valence-corrected chi connectivity index (χ0v) is 15.9. The molecule has 3 aromatic rings. The average molecular weight is 381 g/mol. The van der Waals surface area contributed by atoms with E-state index in [1.54, 1.807) is 31.4 Å². The van der Waals surface area contributed by atoms with Crippen molar-refractivity contribution in [1.29, 1.82) is 0 Å². The molecule has 2 aromatic carbocycles. The average Bonchev–Trinajstić information content (AvgIpc) is 3.16. The molecule has 1 atom stereocenters. The number of fused-ring (bicyclic) bond motifs is 1. The highest BCUT2D eigenvalue weighted by Crippen LogP contribution is 2.24. The number of aldehydes is 1. The number of hydrogen-bond donors (Lipinski definition) is 1. The van der Waals surface area contributed by atoms with Gasteiger partial charge >= 0.3 is 0 Å². The molecule has 0 unspecified atom stereocenters. The molecular weight excluding hydrogens is 358 g/mol. The third kappa shape index (κ3) is 4.78. The number of amides is 1. The Kier molecular flexibility index (Phi) is 6.45. The first-order chi connectivity index (χ1) is 13.6. The van der Waals surface area contributed by atoms with Crippen molar-refractivity contribution in [3.8, 4) is 5.75 Å². The number of furan rings is 1. The Balaban J connectivity index is 1.55. The second-order valence-electron chi connectivity index (χ2n) is 6.42. The van der Waals surface area contributed by atoms with E-state index in [0.29, 0.717) is 24.2 Å². The fourth-order valence-corrected chi connectivity index (χ4v) is 2.79. The number of hydrogen-bond acceptors (Lipinski definition) is 5. The topological polar surface area (TPSA) is 77.8 Å². The summed E-state index contributed by atoms with van der Waals surface area (Å²) in [6.07, 6.45) is 1.64. The smallest absolute Gasteiger partial charge is 0.287 e. The molecule has 6 nitrogen and oxygen atoms in total. The first-order valence-corrected chi connectivity index (χ1v) is 9.12. The van der Waals surface area contributed by atoms with Gasteiger partial charge in [0.1, 0.15) is 23.7 Å². The van der Waals surface area contributed by atoms with Crippen molar-refractivity contribution in [3.05, 3.63) is 65.4 Å². The van der Waals surface area contributed by atoms with Crippen LogP contribution in [0.2, 0.25) is 0 Å². The second kappa shape index (κ2) is 9.19. The molecule has 1 amide bonds. The summed E-state index contributed by atoms with van der Waals surface area (Å²) in [5.41, 5.74) is 2.84. The van der Waals surface area contributed by atoms with Gasteiger partial charge in [-0.05, 0) is 41.8 Å². The van der Waals surface area contributed by atoms with Crippen LogP contribution < -0.4 is 10.1 Å². The summed E-state index contributed by atoms with van der Waals surface area (Å²) in [5, 5.41) is 3.37. The van der Waals surface area contributed by atoms with Crippen LogP contribution in [0.1, 0.15) is 28.6 Å². The normalized spacial score (nSPS) is 11.9. The molecule has 0 bridgehead atoms. The van der Waals surface area contributed by atoms with Crippen LogP contribution in [-0.2, 0) is 22.6 Å². The second-order valence-corrected chi connectivity index (χ2v) is 6.42. The summed E-state index contributed by atoms with van der Waals surface area (Å²) in [4.78, 5) is 23.7. The Morgan fingerprint density at radius 1 is 1.14 bits per heavy atom. The number of ether oxygens (including phenoxy) is 2. The van der Waals surface area contributed by atoms with Crippen LogP contribution >= 0.6 is 0 Å². The maximum absolute atomic E-state index is 12.4. The molecule has 0 radical (unpaired) electrons. The minimum absolute atomic E-state index is 0.0822. The standard InChI is InChI=1S/C22H23NO5/c1-3-15-4-6-16(7-5-15)13-27-14-18(12-24)23-22(25)21-11-17-10-19(26-2)8-9-20(17)28-21/h4-12,18H,3,13-14H2,1-2H3,(H,23,25)/t18-/m1/s1. The lowest BCUT2D eigenvalue weighted by Gasteiger charge is -2.12. The first-order valence-electron chi connectivity index (χ1n) is 9.12. The van der Waals surface area contributed by atoms with Crippen LogP contribution in [0.3, 0.4) is 0 Å². The Morgan fingerprint density at radius 3 is 2.57 bits per heavy atom. The molecule has 0 aliphatic carbocycles. The van der Waals surface area contributed by atoms with E-state index in [0.717, 1.165) is 17.4 Å². The molecule has 0 fully saturated rings. The number of rotatable bonds is 9.